The lowest BCUT2D eigenvalue weighted by atomic mass is 10.00. The van der Waals surface area contributed by atoms with Crippen LogP contribution in [-0.2, 0) is 4.79 Å². The van der Waals surface area contributed by atoms with Gasteiger partial charge in [0.15, 0.2) is 0 Å². The second-order valence-electron chi connectivity index (χ2n) is 7.14. The third-order valence-corrected chi connectivity index (χ3v) is 4.92. The molecule has 0 fully saturated rings. The lowest BCUT2D eigenvalue weighted by molar-refractivity contribution is -0.130. The minimum atomic E-state index is -1.11. The van der Waals surface area contributed by atoms with Gasteiger partial charge in [-0.2, -0.15) is 0 Å². The zero-order chi connectivity index (χ0) is 23.8. The van der Waals surface area contributed by atoms with Crippen LogP contribution in [0.5, 0.6) is 0 Å². The zero-order valence-corrected chi connectivity index (χ0v) is 18.0. The zero-order valence-electron chi connectivity index (χ0n) is 18.0. The van der Waals surface area contributed by atoms with Gasteiger partial charge in [-0.3, -0.25) is 19.8 Å². The lowest BCUT2D eigenvalue weighted by Gasteiger charge is -2.13. The first-order valence-electron chi connectivity index (χ1n) is 10.4. The SMILES string of the molecule is O=C(O)/C(=C\N=C(c1ccccc1)c1ccccc1NC(=O)c1ccccn1)c1ccncc1. The Labute approximate surface area is 196 Å². The minimum Gasteiger partial charge on any atom is -0.478 e. The molecule has 7 heteroatoms. The van der Waals surface area contributed by atoms with Crippen molar-refractivity contribution in [3.05, 3.63) is 132 Å². The molecule has 2 N–H and O–H groups in total. The summed E-state index contributed by atoms with van der Waals surface area (Å²) in [6, 6.07) is 24.9. The summed E-state index contributed by atoms with van der Waals surface area (Å²) in [5.74, 6) is -1.47. The van der Waals surface area contributed by atoms with Gasteiger partial charge in [-0.05, 0) is 35.9 Å². The number of anilines is 1. The number of carboxylic acid groups (broad SMARTS) is 1. The molecule has 34 heavy (non-hydrogen) atoms. The van der Waals surface area contributed by atoms with Crippen LogP contribution in [0.3, 0.4) is 0 Å². The number of benzene rings is 2. The molecule has 7 nitrogen and oxygen atoms in total. The highest BCUT2D eigenvalue weighted by atomic mass is 16.4. The molecule has 0 spiro atoms. The van der Waals surface area contributed by atoms with Crippen LogP contribution in [0.1, 0.15) is 27.2 Å². The quantitative estimate of drug-likeness (QED) is 0.315. The molecule has 166 valence electrons. The predicted molar refractivity (Wildman–Crippen MR) is 131 cm³/mol. The molecule has 0 aliphatic rings. The van der Waals surface area contributed by atoms with Crippen molar-refractivity contribution in [3.8, 4) is 0 Å². The Morgan fingerprint density at radius 3 is 2.21 bits per heavy atom. The van der Waals surface area contributed by atoms with E-state index >= 15 is 0 Å². The van der Waals surface area contributed by atoms with Gasteiger partial charge in [-0.1, -0.05) is 54.6 Å². The largest absolute Gasteiger partial charge is 0.478 e. The number of aliphatic imine (C=N–C) groups is 1. The van der Waals surface area contributed by atoms with Crippen LogP contribution in [0.4, 0.5) is 5.69 Å². The average Bonchev–Trinajstić information content (AvgIpc) is 2.88. The normalized spacial score (nSPS) is 11.6. The van der Waals surface area contributed by atoms with E-state index in [-0.39, 0.29) is 17.2 Å². The summed E-state index contributed by atoms with van der Waals surface area (Å²) >= 11 is 0. The number of nitrogens with zero attached hydrogens (tertiary/aromatic N) is 3. The van der Waals surface area contributed by atoms with Crippen molar-refractivity contribution < 1.29 is 14.7 Å². The molecule has 0 atom stereocenters. The van der Waals surface area contributed by atoms with Gasteiger partial charge in [-0.25, -0.2) is 4.79 Å². The topological polar surface area (TPSA) is 105 Å². The number of hydrogen-bond donors (Lipinski definition) is 2. The van der Waals surface area contributed by atoms with E-state index in [1.807, 2.05) is 42.5 Å². The number of nitrogens with one attached hydrogen (secondary N) is 1. The summed E-state index contributed by atoms with van der Waals surface area (Å²) in [5, 5.41) is 12.7. The van der Waals surface area contributed by atoms with Crippen LogP contribution < -0.4 is 5.32 Å². The minimum absolute atomic E-state index is 0.0193. The van der Waals surface area contributed by atoms with Crippen molar-refractivity contribution in [1.29, 1.82) is 0 Å². The summed E-state index contributed by atoms with van der Waals surface area (Å²) < 4.78 is 0. The Balaban J connectivity index is 1.81. The number of hydrogen-bond acceptors (Lipinski definition) is 5. The number of carbonyl (C=O) groups is 2. The molecule has 2 aromatic heterocycles. The van der Waals surface area contributed by atoms with Gasteiger partial charge >= 0.3 is 5.97 Å². The molecular formula is C27H20N4O3. The number of carbonyl (C=O) groups excluding carboxylic acids is 1. The van der Waals surface area contributed by atoms with Gasteiger partial charge < -0.3 is 10.4 Å². The molecule has 0 saturated heterocycles. The van der Waals surface area contributed by atoms with E-state index < -0.39 is 5.97 Å². The fourth-order valence-electron chi connectivity index (χ4n) is 3.29. The summed E-state index contributed by atoms with van der Waals surface area (Å²) in [6.45, 7) is 0. The Kier molecular flexibility index (Phi) is 6.95. The number of pyridine rings is 2. The fraction of sp³-hybridized carbons (Fsp3) is 0. The molecule has 0 saturated carbocycles. The number of para-hydroxylation sites is 1. The second kappa shape index (κ2) is 10.6. The fourth-order valence-corrected chi connectivity index (χ4v) is 3.29. The standard InChI is InChI=1S/C27H20N4O3/c32-26(24-12-6-7-15-29-24)31-23-11-5-4-10-21(23)25(20-8-2-1-3-9-20)30-18-22(27(33)34)19-13-16-28-17-14-19/h1-18H,(H,31,32)(H,33,34)/b22-18-,30-25?. The van der Waals surface area contributed by atoms with Crippen LogP contribution in [0.25, 0.3) is 5.57 Å². The van der Waals surface area contributed by atoms with Crippen LogP contribution >= 0.6 is 0 Å². The lowest BCUT2D eigenvalue weighted by Crippen LogP contribution is -2.16. The number of rotatable bonds is 7. The van der Waals surface area contributed by atoms with Crippen molar-refractivity contribution in [1.82, 2.24) is 9.97 Å². The van der Waals surface area contributed by atoms with Gasteiger partial charge in [0, 0.05) is 35.9 Å². The summed E-state index contributed by atoms with van der Waals surface area (Å²) in [6.07, 6.45) is 5.92. The van der Waals surface area contributed by atoms with Crippen LogP contribution in [0.2, 0.25) is 0 Å². The molecule has 0 aliphatic carbocycles. The van der Waals surface area contributed by atoms with E-state index in [0.717, 1.165) is 5.56 Å². The number of amides is 1. The van der Waals surface area contributed by atoms with E-state index in [4.69, 9.17) is 0 Å². The first-order valence-corrected chi connectivity index (χ1v) is 10.4. The number of carboxylic acids is 1. The van der Waals surface area contributed by atoms with E-state index in [2.05, 4.69) is 20.3 Å². The molecule has 2 heterocycles. The molecule has 0 radical (unpaired) electrons. The van der Waals surface area contributed by atoms with Gasteiger partial charge in [0.1, 0.15) is 5.69 Å². The highest BCUT2D eigenvalue weighted by Crippen LogP contribution is 2.22. The Hall–Kier alpha value is -4.91. The maximum absolute atomic E-state index is 12.8. The number of aromatic nitrogens is 2. The van der Waals surface area contributed by atoms with Gasteiger partial charge in [0.25, 0.3) is 5.91 Å². The Morgan fingerprint density at radius 2 is 1.50 bits per heavy atom. The molecule has 4 aromatic rings. The Morgan fingerprint density at radius 1 is 0.794 bits per heavy atom. The monoisotopic (exact) mass is 448 g/mol. The molecule has 2 aromatic carbocycles. The van der Waals surface area contributed by atoms with E-state index in [0.29, 0.717) is 22.5 Å². The average molecular weight is 448 g/mol. The smallest absolute Gasteiger partial charge is 0.337 e. The maximum Gasteiger partial charge on any atom is 0.337 e. The first-order chi connectivity index (χ1) is 16.6. The number of aliphatic carboxylic acids is 1. The molecular weight excluding hydrogens is 428 g/mol. The third kappa shape index (κ3) is 5.28. The van der Waals surface area contributed by atoms with E-state index in [1.165, 1.54) is 18.6 Å². The third-order valence-electron chi connectivity index (χ3n) is 4.92. The van der Waals surface area contributed by atoms with Crippen molar-refractivity contribution in [2.24, 2.45) is 4.99 Å². The molecule has 4 rings (SSSR count). The predicted octanol–water partition coefficient (Wildman–Crippen LogP) is 4.69. The van der Waals surface area contributed by atoms with E-state index in [1.54, 1.807) is 48.7 Å². The highest BCUT2D eigenvalue weighted by molar-refractivity contribution is 6.20. The van der Waals surface area contributed by atoms with Crippen LogP contribution in [0.15, 0.2) is 115 Å². The maximum atomic E-state index is 12.8. The van der Waals surface area contributed by atoms with Crippen molar-refractivity contribution in [2.45, 2.75) is 0 Å². The first kappa shape index (κ1) is 22.3. The van der Waals surface area contributed by atoms with Gasteiger partial charge in [0.2, 0.25) is 0 Å². The Bertz CT molecular complexity index is 1350. The van der Waals surface area contributed by atoms with Crippen molar-refractivity contribution in [2.75, 3.05) is 5.32 Å². The van der Waals surface area contributed by atoms with Crippen molar-refractivity contribution in [3.63, 3.8) is 0 Å². The summed E-state index contributed by atoms with van der Waals surface area (Å²) in [4.78, 5) is 37.3. The molecule has 1 amide bonds. The molecule has 0 unspecified atom stereocenters. The second-order valence-corrected chi connectivity index (χ2v) is 7.14. The molecule has 0 bridgehead atoms. The highest BCUT2D eigenvalue weighted by Gasteiger charge is 2.16. The summed E-state index contributed by atoms with van der Waals surface area (Å²) in [7, 11) is 0. The van der Waals surface area contributed by atoms with Crippen molar-refractivity contribution >= 4 is 28.8 Å². The van der Waals surface area contributed by atoms with Gasteiger partial charge in [-0.15, -0.1) is 0 Å². The van der Waals surface area contributed by atoms with Crippen LogP contribution in [0, 0.1) is 0 Å². The summed E-state index contributed by atoms with van der Waals surface area (Å²) in [5.41, 5.74) is 3.20. The van der Waals surface area contributed by atoms with Crippen LogP contribution in [-0.4, -0.2) is 32.7 Å². The van der Waals surface area contributed by atoms with E-state index in [9.17, 15) is 14.7 Å². The van der Waals surface area contributed by atoms with Gasteiger partial charge in [0.05, 0.1) is 17.0 Å². The molecule has 0 aliphatic heterocycles.